The fourth-order valence-electron chi connectivity index (χ4n) is 2.65. The lowest BCUT2D eigenvalue weighted by Gasteiger charge is -2.29. The number of anilines is 1. The summed E-state index contributed by atoms with van der Waals surface area (Å²) in [5.41, 5.74) is 0.878. The van der Waals surface area contributed by atoms with Gasteiger partial charge in [-0.25, -0.2) is 4.79 Å². The molecule has 1 aliphatic heterocycles. The van der Waals surface area contributed by atoms with E-state index < -0.39 is 35.8 Å². The molecule has 1 aliphatic rings. The second-order valence-corrected chi connectivity index (χ2v) is 8.07. The maximum atomic E-state index is 12.7. The maximum absolute atomic E-state index is 12.7. The SMILES string of the molecule is Cc1ccc2c(c1)O[C@@H](C)[C@H](NC(=O)[C@H](C)N(C)C(=O)OC(C)(C)C)C(=O)N2. The van der Waals surface area contributed by atoms with Gasteiger partial charge in [0.05, 0.1) is 5.69 Å². The fourth-order valence-corrected chi connectivity index (χ4v) is 2.65. The molecule has 0 spiro atoms. The molecule has 1 aromatic carbocycles. The zero-order valence-corrected chi connectivity index (χ0v) is 17.5. The van der Waals surface area contributed by atoms with Crippen LogP contribution in [0.2, 0.25) is 0 Å². The number of nitrogens with zero attached hydrogens (tertiary/aromatic N) is 1. The van der Waals surface area contributed by atoms with Gasteiger partial charge in [0.2, 0.25) is 5.91 Å². The molecule has 0 unspecified atom stereocenters. The van der Waals surface area contributed by atoms with E-state index in [9.17, 15) is 14.4 Å². The van der Waals surface area contributed by atoms with Gasteiger partial charge in [-0.3, -0.25) is 14.5 Å². The summed E-state index contributed by atoms with van der Waals surface area (Å²) < 4.78 is 11.2. The predicted molar refractivity (Wildman–Crippen MR) is 105 cm³/mol. The van der Waals surface area contributed by atoms with Crippen molar-refractivity contribution in [3.63, 3.8) is 0 Å². The summed E-state index contributed by atoms with van der Waals surface area (Å²) in [5, 5.41) is 5.45. The Balaban J connectivity index is 2.08. The number of aryl methyl sites for hydroxylation is 1. The van der Waals surface area contributed by atoms with Gasteiger partial charge < -0.3 is 20.1 Å². The molecule has 0 fully saturated rings. The molecular formula is C20H29N3O5. The highest BCUT2D eigenvalue weighted by molar-refractivity contribution is 6.00. The second kappa shape index (κ2) is 8.08. The topological polar surface area (TPSA) is 97.0 Å². The normalized spacial score (nSPS) is 20.0. The van der Waals surface area contributed by atoms with E-state index in [2.05, 4.69) is 10.6 Å². The minimum atomic E-state index is -0.908. The Labute approximate surface area is 165 Å². The van der Waals surface area contributed by atoms with Crippen molar-refractivity contribution in [1.29, 1.82) is 0 Å². The van der Waals surface area contributed by atoms with E-state index in [0.29, 0.717) is 11.4 Å². The van der Waals surface area contributed by atoms with Crippen LogP contribution in [-0.2, 0) is 14.3 Å². The van der Waals surface area contributed by atoms with Gasteiger partial charge in [0, 0.05) is 7.05 Å². The molecule has 0 saturated heterocycles. The van der Waals surface area contributed by atoms with E-state index in [1.807, 2.05) is 19.1 Å². The van der Waals surface area contributed by atoms with Crippen LogP contribution < -0.4 is 15.4 Å². The number of benzene rings is 1. The Bertz CT molecular complexity index is 772. The lowest BCUT2D eigenvalue weighted by atomic mass is 10.1. The summed E-state index contributed by atoms with van der Waals surface area (Å²) >= 11 is 0. The summed E-state index contributed by atoms with van der Waals surface area (Å²) in [4.78, 5) is 38.6. The van der Waals surface area contributed by atoms with E-state index in [4.69, 9.17) is 9.47 Å². The number of carbonyl (C=O) groups excluding carboxylic acids is 3. The molecule has 0 aliphatic carbocycles. The highest BCUT2D eigenvalue weighted by Crippen LogP contribution is 2.30. The highest BCUT2D eigenvalue weighted by Gasteiger charge is 2.35. The van der Waals surface area contributed by atoms with Crippen molar-refractivity contribution in [2.45, 2.75) is 65.3 Å². The molecule has 154 valence electrons. The van der Waals surface area contributed by atoms with Crippen LogP contribution in [0.1, 0.15) is 40.2 Å². The van der Waals surface area contributed by atoms with E-state index in [0.717, 1.165) is 5.56 Å². The van der Waals surface area contributed by atoms with Gasteiger partial charge in [-0.2, -0.15) is 0 Å². The predicted octanol–water partition coefficient (Wildman–Crippen LogP) is 2.45. The van der Waals surface area contributed by atoms with Gasteiger partial charge in [-0.15, -0.1) is 0 Å². The highest BCUT2D eigenvalue weighted by atomic mass is 16.6. The van der Waals surface area contributed by atoms with Gasteiger partial charge in [-0.05, 0) is 59.2 Å². The Hall–Kier alpha value is -2.77. The first-order chi connectivity index (χ1) is 12.9. The van der Waals surface area contributed by atoms with Crippen molar-refractivity contribution in [3.05, 3.63) is 23.8 Å². The molecule has 0 radical (unpaired) electrons. The first-order valence-corrected chi connectivity index (χ1v) is 9.23. The number of fused-ring (bicyclic) bond motifs is 1. The van der Waals surface area contributed by atoms with Gasteiger partial charge >= 0.3 is 6.09 Å². The number of hydrogen-bond donors (Lipinski definition) is 2. The van der Waals surface area contributed by atoms with E-state index >= 15 is 0 Å². The average molecular weight is 391 g/mol. The van der Waals surface area contributed by atoms with Crippen LogP contribution >= 0.6 is 0 Å². The van der Waals surface area contributed by atoms with Crippen LogP contribution in [0.25, 0.3) is 0 Å². The number of ether oxygens (including phenoxy) is 2. The Morgan fingerprint density at radius 3 is 2.57 bits per heavy atom. The summed E-state index contributed by atoms with van der Waals surface area (Å²) in [7, 11) is 1.48. The third-order valence-corrected chi connectivity index (χ3v) is 4.40. The van der Waals surface area contributed by atoms with Crippen LogP contribution in [0, 0.1) is 6.92 Å². The third-order valence-electron chi connectivity index (χ3n) is 4.40. The summed E-state index contributed by atoms with van der Waals surface area (Å²) in [6, 6.07) is 3.72. The summed E-state index contributed by atoms with van der Waals surface area (Å²) in [6.07, 6.45) is -1.21. The number of carbonyl (C=O) groups is 3. The molecule has 2 rings (SSSR count). The Kier molecular flexibility index (Phi) is 6.21. The molecule has 0 bridgehead atoms. The largest absolute Gasteiger partial charge is 0.486 e. The Morgan fingerprint density at radius 2 is 1.96 bits per heavy atom. The standard InChI is InChI=1S/C20H29N3O5/c1-11-8-9-14-15(10-11)27-13(3)16(18(25)21-14)22-17(24)12(2)23(7)19(26)28-20(4,5)6/h8-10,12-13,16H,1-7H3,(H,21,25)(H,22,24)/t12-,13-,16-/m0/s1. The van der Waals surface area contributed by atoms with Crippen LogP contribution in [0.3, 0.4) is 0 Å². The molecule has 3 atom stereocenters. The lowest BCUT2D eigenvalue weighted by Crippen LogP contribution is -2.56. The summed E-state index contributed by atoms with van der Waals surface area (Å²) in [5.74, 6) is -0.307. The van der Waals surface area contributed by atoms with Crippen molar-refractivity contribution >= 4 is 23.6 Å². The smallest absolute Gasteiger partial charge is 0.410 e. The van der Waals surface area contributed by atoms with E-state index in [1.165, 1.54) is 11.9 Å². The van der Waals surface area contributed by atoms with Crippen molar-refractivity contribution in [2.75, 3.05) is 12.4 Å². The zero-order chi connectivity index (χ0) is 21.2. The molecule has 0 aromatic heterocycles. The van der Waals surface area contributed by atoms with Gasteiger partial charge in [0.25, 0.3) is 5.91 Å². The molecule has 1 aromatic rings. The first kappa shape index (κ1) is 21.5. The molecule has 28 heavy (non-hydrogen) atoms. The molecule has 0 saturated carbocycles. The van der Waals surface area contributed by atoms with Crippen LogP contribution in [0.4, 0.5) is 10.5 Å². The molecule has 2 N–H and O–H groups in total. The number of likely N-dealkylation sites (N-methyl/N-ethyl adjacent to an activating group) is 1. The maximum Gasteiger partial charge on any atom is 0.410 e. The number of hydrogen-bond acceptors (Lipinski definition) is 5. The second-order valence-electron chi connectivity index (χ2n) is 8.07. The molecule has 1 heterocycles. The quantitative estimate of drug-likeness (QED) is 0.825. The molecule has 3 amide bonds. The third kappa shape index (κ3) is 5.15. The monoisotopic (exact) mass is 391 g/mol. The Morgan fingerprint density at radius 1 is 1.32 bits per heavy atom. The van der Waals surface area contributed by atoms with Crippen molar-refractivity contribution in [2.24, 2.45) is 0 Å². The minimum absolute atomic E-state index is 0.379. The van der Waals surface area contributed by atoms with Crippen molar-refractivity contribution in [1.82, 2.24) is 10.2 Å². The lowest BCUT2D eigenvalue weighted by molar-refractivity contribution is -0.130. The molecule has 8 heteroatoms. The first-order valence-electron chi connectivity index (χ1n) is 9.23. The summed E-state index contributed by atoms with van der Waals surface area (Å²) in [6.45, 7) is 10.4. The fraction of sp³-hybridized carbons (Fsp3) is 0.550. The molecule has 8 nitrogen and oxygen atoms in total. The van der Waals surface area contributed by atoms with Gasteiger partial charge in [0.1, 0.15) is 29.5 Å². The van der Waals surface area contributed by atoms with E-state index in [-0.39, 0.29) is 5.91 Å². The number of rotatable bonds is 3. The van der Waals surface area contributed by atoms with Crippen LogP contribution in [0.5, 0.6) is 5.75 Å². The van der Waals surface area contributed by atoms with Gasteiger partial charge in [0.15, 0.2) is 0 Å². The van der Waals surface area contributed by atoms with Crippen LogP contribution in [-0.4, -0.2) is 53.6 Å². The average Bonchev–Trinajstić information content (AvgIpc) is 2.68. The van der Waals surface area contributed by atoms with Crippen molar-refractivity contribution < 1.29 is 23.9 Å². The van der Waals surface area contributed by atoms with Crippen LogP contribution in [0.15, 0.2) is 18.2 Å². The van der Waals surface area contributed by atoms with Crippen molar-refractivity contribution in [3.8, 4) is 5.75 Å². The van der Waals surface area contributed by atoms with Gasteiger partial charge in [-0.1, -0.05) is 6.07 Å². The van der Waals surface area contributed by atoms with E-state index in [1.54, 1.807) is 40.7 Å². The molecular weight excluding hydrogens is 362 g/mol. The zero-order valence-electron chi connectivity index (χ0n) is 17.5. The number of amides is 3. The number of nitrogens with one attached hydrogen (secondary N) is 2. The minimum Gasteiger partial charge on any atom is -0.486 e.